The average Bonchev–Trinajstić information content (AvgIpc) is 2.86. The van der Waals surface area contributed by atoms with Gasteiger partial charge in [0.15, 0.2) is 18.1 Å². The number of ether oxygens (including phenoxy) is 5. The number of amides is 1. The van der Waals surface area contributed by atoms with Gasteiger partial charge in [-0.1, -0.05) is 30.3 Å². The molecule has 3 rings (SSSR count). The fourth-order valence-corrected chi connectivity index (χ4v) is 2.89. The fourth-order valence-electron chi connectivity index (χ4n) is 2.89. The molecule has 0 saturated heterocycles. The van der Waals surface area contributed by atoms with E-state index in [1.165, 1.54) is 26.4 Å². The van der Waals surface area contributed by atoms with Crippen molar-refractivity contribution in [2.45, 2.75) is 0 Å². The van der Waals surface area contributed by atoms with Crippen molar-refractivity contribution in [2.24, 2.45) is 0 Å². The molecule has 8 nitrogen and oxygen atoms in total. The van der Waals surface area contributed by atoms with Crippen LogP contribution in [0, 0.1) is 0 Å². The fraction of sp³-hybridized carbons (Fsp3) is 0.200. The van der Waals surface area contributed by atoms with E-state index in [0.29, 0.717) is 28.7 Å². The summed E-state index contributed by atoms with van der Waals surface area (Å²) in [6, 6.07) is 20.9. The van der Waals surface area contributed by atoms with Gasteiger partial charge in [0.25, 0.3) is 5.91 Å². The van der Waals surface area contributed by atoms with Gasteiger partial charge in [-0.25, -0.2) is 4.79 Å². The normalized spacial score (nSPS) is 10.1. The number of hydrogen-bond acceptors (Lipinski definition) is 7. The number of anilines is 1. The first-order valence-corrected chi connectivity index (χ1v) is 10.2. The van der Waals surface area contributed by atoms with E-state index in [9.17, 15) is 9.59 Å². The number of benzene rings is 3. The number of para-hydroxylation sites is 3. The van der Waals surface area contributed by atoms with E-state index >= 15 is 0 Å². The minimum Gasteiger partial charge on any atom is -0.495 e. The van der Waals surface area contributed by atoms with Crippen LogP contribution in [0.2, 0.25) is 0 Å². The van der Waals surface area contributed by atoms with Crippen LogP contribution < -0.4 is 24.3 Å². The van der Waals surface area contributed by atoms with Crippen molar-refractivity contribution in [1.29, 1.82) is 0 Å². The van der Waals surface area contributed by atoms with Crippen LogP contribution in [0.25, 0.3) is 0 Å². The molecule has 1 amide bonds. The lowest BCUT2D eigenvalue weighted by atomic mass is 10.2. The third-order valence-corrected chi connectivity index (χ3v) is 4.47. The molecule has 33 heavy (non-hydrogen) atoms. The van der Waals surface area contributed by atoms with E-state index in [-0.39, 0.29) is 31.3 Å². The summed E-state index contributed by atoms with van der Waals surface area (Å²) in [6.45, 7) is 0.0713. The van der Waals surface area contributed by atoms with Crippen molar-refractivity contribution in [3.63, 3.8) is 0 Å². The summed E-state index contributed by atoms with van der Waals surface area (Å²) < 4.78 is 26.8. The van der Waals surface area contributed by atoms with Gasteiger partial charge in [0.2, 0.25) is 0 Å². The molecule has 8 heteroatoms. The van der Waals surface area contributed by atoms with Crippen LogP contribution in [0.5, 0.6) is 23.0 Å². The molecule has 1 N–H and O–H groups in total. The molecule has 0 bridgehead atoms. The molecular formula is C25H25NO7. The Hall–Kier alpha value is -4.20. The molecule has 0 radical (unpaired) electrons. The van der Waals surface area contributed by atoms with E-state index < -0.39 is 5.97 Å². The molecule has 0 aliphatic carbocycles. The van der Waals surface area contributed by atoms with Gasteiger partial charge in [0, 0.05) is 0 Å². The lowest BCUT2D eigenvalue weighted by Gasteiger charge is -2.13. The molecular weight excluding hydrogens is 426 g/mol. The van der Waals surface area contributed by atoms with E-state index in [4.69, 9.17) is 23.7 Å². The monoisotopic (exact) mass is 451 g/mol. The predicted molar refractivity (Wildman–Crippen MR) is 122 cm³/mol. The minimum absolute atomic E-state index is 0.0947. The van der Waals surface area contributed by atoms with Crippen molar-refractivity contribution >= 4 is 17.6 Å². The molecule has 3 aromatic carbocycles. The first kappa shape index (κ1) is 23.5. The molecule has 0 saturated carbocycles. The molecule has 0 unspecified atom stereocenters. The molecule has 0 aliphatic heterocycles. The van der Waals surface area contributed by atoms with Crippen LogP contribution >= 0.6 is 0 Å². The summed E-state index contributed by atoms with van der Waals surface area (Å²) >= 11 is 0. The van der Waals surface area contributed by atoms with Crippen molar-refractivity contribution in [1.82, 2.24) is 0 Å². The SMILES string of the molecule is COc1ccccc1NC(=O)COc1ccc(C(=O)OCCOc2ccccc2)cc1OC. The van der Waals surface area contributed by atoms with Crippen LogP contribution in [-0.4, -0.2) is 45.9 Å². The molecule has 0 atom stereocenters. The van der Waals surface area contributed by atoms with Gasteiger partial charge in [0.05, 0.1) is 25.5 Å². The lowest BCUT2D eigenvalue weighted by Crippen LogP contribution is -2.20. The smallest absolute Gasteiger partial charge is 0.338 e. The maximum atomic E-state index is 12.3. The van der Waals surface area contributed by atoms with Gasteiger partial charge >= 0.3 is 5.97 Å². The van der Waals surface area contributed by atoms with E-state index in [1.54, 1.807) is 30.3 Å². The third kappa shape index (κ3) is 6.90. The van der Waals surface area contributed by atoms with Crippen LogP contribution in [0.4, 0.5) is 5.69 Å². The highest BCUT2D eigenvalue weighted by molar-refractivity contribution is 5.93. The summed E-state index contributed by atoms with van der Waals surface area (Å²) in [7, 11) is 2.97. The van der Waals surface area contributed by atoms with Crippen molar-refractivity contribution in [2.75, 3.05) is 39.4 Å². The Morgan fingerprint density at radius 3 is 2.24 bits per heavy atom. The second kappa shape index (κ2) is 12.0. The molecule has 0 fully saturated rings. The number of hydrogen-bond donors (Lipinski definition) is 1. The number of carbonyl (C=O) groups is 2. The second-order valence-corrected chi connectivity index (χ2v) is 6.70. The third-order valence-electron chi connectivity index (χ3n) is 4.47. The molecule has 0 spiro atoms. The van der Waals surface area contributed by atoms with Crippen molar-refractivity contribution < 1.29 is 33.3 Å². The van der Waals surface area contributed by atoms with E-state index in [0.717, 1.165) is 0 Å². The standard InChI is InChI=1S/C25H25NO7/c1-29-21-11-7-6-10-20(21)26-24(27)17-33-22-13-12-18(16-23(22)30-2)25(28)32-15-14-31-19-8-4-3-5-9-19/h3-13,16H,14-15,17H2,1-2H3,(H,26,27). The van der Waals surface area contributed by atoms with Crippen molar-refractivity contribution in [3.05, 3.63) is 78.4 Å². The number of esters is 1. The Morgan fingerprint density at radius 1 is 0.758 bits per heavy atom. The number of methoxy groups -OCH3 is 2. The van der Waals surface area contributed by atoms with Gasteiger partial charge < -0.3 is 29.0 Å². The zero-order valence-corrected chi connectivity index (χ0v) is 18.4. The van der Waals surface area contributed by atoms with Gasteiger partial charge in [-0.3, -0.25) is 4.79 Å². The molecule has 3 aromatic rings. The zero-order chi connectivity index (χ0) is 23.5. The Kier molecular flexibility index (Phi) is 8.53. The van der Waals surface area contributed by atoms with Crippen LogP contribution in [0.3, 0.4) is 0 Å². The van der Waals surface area contributed by atoms with Crippen LogP contribution in [0.1, 0.15) is 10.4 Å². The first-order valence-electron chi connectivity index (χ1n) is 10.2. The van der Waals surface area contributed by atoms with Gasteiger partial charge in [-0.2, -0.15) is 0 Å². The minimum atomic E-state index is -0.523. The summed E-state index contributed by atoms with van der Waals surface area (Å²) in [5.74, 6) is 0.965. The Labute approximate surface area is 192 Å². The Bertz CT molecular complexity index is 1070. The molecule has 0 aromatic heterocycles. The maximum Gasteiger partial charge on any atom is 0.338 e. The van der Waals surface area contributed by atoms with E-state index in [1.807, 2.05) is 30.3 Å². The summed E-state index contributed by atoms with van der Waals surface area (Å²) in [6.07, 6.45) is 0. The zero-order valence-electron chi connectivity index (χ0n) is 18.4. The predicted octanol–water partition coefficient (Wildman–Crippen LogP) is 3.96. The quantitative estimate of drug-likeness (QED) is 0.348. The topological polar surface area (TPSA) is 92.3 Å². The molecule has 172 valence electrons. The first-order chi connectivity index (χ1) is 16.1. The van der Waals surface area contributed by atoms with Gasteiger partial charge in [0.1, 0.15) is 24.7 Å². The lowest BCUT2D eigenvalue weighted by molar-refractivity contribution is -0.118. The Morgan fingerprint density at radius 2 is 1.48 bits per heavy atom. The number of carbonyl (C=O) groups excluding carboxylic acids is 2. The highest BCUT2D eigenvalue weighted by atomic mass is 16.6. The van der Waals surface area contributed by atoms with Crippen LogP contribution in [-0.2, 0) is 9.53 Å². The van der Waals surface area contributed by atoms with Crippen molar-refractivity contribution in [3.8, 4) is 23.0 Å². The summed E-state index contributed by atoms with van der Waals surface area (Å²) in [5, 5.41) is 2.72. The average molecular weight is 451 g/mol. The maximum absolute atomic E-state index is 12.3. The largest absolute Gasteiger partial charge is 0.495 e. The summed E-state index contributed by atoms with van der Waals surface area (Å²) in [5.41, 5.74) is 0.826. The molecule has 0 heterocycles. The Balaban J connectivity index is 1.51. The van der Waals surface area contributed by atoms with Crippen LogP contribution in [0.15, 0.2) is 72.8 Å². The van der Waals surface area contributed by atoms with Gasteiger partial charge in [-0.05, 0) is 42.5 Å². The van der Waals surface area contributed by atoms with E-state index in [2.05, 4.69) is 5.32 Å². The number of nitrogens with one attached hydrogen (secondary N) is 1. The highest BCUT2D eigenvalue weighted by Gasteiger charge is 2.14. The highest BCUT2D eigenvalue weighted by Crippen LogP contribution is 2.29. The van der Waals surface area contributed by atoms with Gasteiger partial charge in [-0.15, -0.1) is 0 Å². The summed E-state index contributed by atoms with van der Waals surface area (Å²) in [4.78, 5) is 24.6. The number of rotatable bonds is 11. The second-order valence-electron chi connectivity index (χ2n) is 6.70. The molecule has 0 aliphatic rings.